The third kappa shape index (κ3) is 3.13. The molecule has 1 aliphatic carbocycles. The number of hydrogen-bond acceptors (Lipinski definition) is 1. The van der Waals surface area contributed by atoms with Crippen LogP contribution in [-0.4, -0.2) is 9.78 Å². The Labute approximate surface area is 150 Å². The highest BCUT2D eigenvalue weighted by molar-refractivity contribution is 9.10. The summed E-state index contributed by atoms with van der Waals surface area (Å²) < 4.78 is 3.18. The molecular weight excluding hydrogens is 360 g/mol. The van der Waals surface area contributed by atoms with Crippen molar-refractivity contribution in [2.75, 3.05) is 0 Å². The summed E-state index contributed by atoms with van der Waals surface area (Å²) in [7, 11) is 0. The van der Waals surface area contributed by atoms with E-state index in [1.54, 1.807) is 0 Å². The molecule has 0 unspecified atom stereocenters. The van der Waals surface area contributed by atoms with Crippen molar-refractivity contribution in [2.24, 2.45) is 0 Å². The van der Waals surface area contributed by atoms with Crippen LogP contribution in [0.5, 0.6) is 0 Å². The highest BCUT2D eigenvalue weighted by Gasteiger charge is 2.13. The number of halogens is 1. The quantitative estimate of drug-likeness (QED) is 0.570. The normalized spacial score (nSPS) is 13.3. The Morgan fingerprint density at radius 3 is 2.50 bits per heavy atom. The van der Waals surface area contributed by atoms with Gasteiger partial charge in [-0.15, -0.1) is 0 Å². The minimum Gasteiger partial charge on any atom is -0.260 e. The predicted octanol–water partition coefficient (Wildman–Crippen LogP) is 5.70. The number of aromatic nitrogens is 2. The van der Waals surface area contributed by atoms with E-state index in [-0.39, 0.29) is 0 Å². The zero-order valence-corrected chi connectivity index (χ0v) is 14.8. The highest BCUT2D eigenvalue weighted by atomic mass is 79.9. The summed E-state index contributed by atoms with van der Waals surface area (Å²) in [6.07, 6.45) is 7.54. The van der Waals surface area contributed by atoms with E-state index in [1.807, 2.05) is 6.07 Å². The van der Waals surface area contributed by atoms with Crippen LogP contribution in [0, 0.1) is 0 Å². The van der Waals surface area contributed by atoms with Gasteiger partial charge in [0.1, 0.15) is 0 Å². The predicted molar refractivity (Wildman–Crippen MR) is 103 cm³/mol. The summed E-state index contributed by atoms with van der Waals surface area (Å²) in [6, 6.07) is 21.1. The molecule has 0 bridgehead atoms. The third-order valence-electron chi connectivity index (χ3n) is 4.16. The van der Waals surface area contributed by atoms with Gasteiger partial charge in [-0.25, -0.2) is 0 Å². The zero-order chi connectivity index (χ0) is 16.4. The average molecular weight is 377 g/mol. The molecule has 0 aliphatic heterocycles. The first-order valence-corrected chi connectivity index (χ1v) is 8.84. The van der Waals surface area contributed by atoms with Crippen LogP contribution in [0.1, 0.15) is 17.7 Å². The van der Waals surface area contributed by atoms with Crippen LogP contribution in [0.15, 0.2) is 83.4 Å². The lowest BCUT2D eigenvalue weighted by atomic mass is 10.1. The van der Waals surface area contributed by atoms with Crippen molar-refractivity contribution in [3.05, 3.63) is 94.6 Å². The summed E-state index contributed by atoms with van der Waals surface area (Å²) in [4.78, 5) is 0. The molecule has 0 amide bonds. The van der Waals surface area contributed by atoms with Crippen LogP contribution in [0.2, 0.25) is 0 Å². The van der Waals surface area contributed by atoms with Gasteiger partial charge in [0, 0.05) is 4.47 Å². The van der Waals surface area contributed by atoms with Gasteiger partial charge >= 0.3 is 0 Å². The van der Waals surface area contributed by atoms with Crippen LogP contribution in [-0.2, 0) is 6.54 Å². The lowest BCUT2D eigenvalue weighted by Gasteiger charge is -2.08. The molecule has 118 valence electrons. The van der Waals surface area contributed by atoms with Gasteiger partial charge in [-0.05, 0) is 41.3 Å². The summed E-state index contributed by atoms with van der Waals surface area (Å²) in [6.45, 7) is 0.767. The lowest BCUT2D eigenvalue weighted by Crippen LogP contribution is -2.04. The summed E-state index contributed by atoms with van der Waals surface area (Å²) in [5.74, 6) is 0. The molecule has 0 saturated carbocycles. The molecule has 4 rings (SSSR count). The number of nitrogens with zero attached hydrogens (tertiary/aromatic N) is 2. The Morgan fingerprint density at radius 1 is 1.00 bits per heavy atom. The van der Waals surface area contributed by atoms with Crippen LogP contribution < -0.4 is 0 Å². The Balaban J connectivity index is 1.77. The summed E-state index contributed by atoms with van der Waals surface area (Å²) in [5, 5.41) is 4.87. The number of allylic oxidation sites excluding steroid dienone is 4. The van der Waals surface area contributed by atoms with Crippen molar-refractivity contribution in [1.29, 1.82) is 0 Å². The molecule has 3 heteroatoms. The maximum Gasteiger partial charge on any atom is 0.0926 e. The van der Waals surface area contributed by atoms with Crippen molar-refractivity contribution in [3.8, 4) is 11.3 Å². The molecule has 1 aliphatic rings. The van der Waals surface area contributed by atoms with E-state index in [0.29, 0.717) is 0 Å². The Bertz CT molecular complexity index is 903. The second kappa shape index (κ2) is 6.62. The molecule has 24 heavy (non-hydrogen) atoms. The number of benzene rings is 2. The minimum absolute atomic E-state index is 0.767. The van der Waals surface area contributed by atoms with Gasteiger partial charge in [0.25, 0.3) is 0 Å². The first-order chi connectivity index (χ1) is 11.8. The van der Waals surface area contributed by atoms with E-state index in [9.17, 15) is 0 Å². The van der Waals surface area contributed by atoms with E-state index in [0.717, 1.165) is 28.8 Å². The van der Waals surface area contributed by atoms with E-state index in [4.69, 9.17) is 5.10 Å². The summed E-state index contributed by atoms with van der Waals surface area (Å²) >= 11 is 3.51. The molecule has 2 nitrogen and oxygen atoms in total. The van der Waals surface area contributed by atoms with Gasteiger partial charge < -0.3 is 0 Å². The Morgan fingerprint density at radius 2 is 1.79 bits per heavy atom. The van der Waals surface area contributed by atoms with Crippen LogP contribution in [0.4, 0.5) is 0 Å². The molecule has 0 saturated heterocycles. The smallest absolute Gasteiger partial charge is 0.0926 e. The fraction of sp³-hybridized carbons (Fsp3) is 0.0952. The molecule has 1 aromatic heterocycles. The van der Waals surface area contributed by atoms with Crippen LogP contribution in [0.3, 0.4) is 0 Å². The molecule has 0 N–H and O–H groups in total. The van der Waals surface area contributed by atoms with Crippen molar-refractivity contribution >= 4 is 21.5 Å². The molecule has 0 fully saturated rings. The van der Waals surface area contributed by atoms with Crippen LogP contribution in [0.25, 0.3) is 16.8 Å². The SMILES string of the molecule is Brc1ccc(-c2cc(C3=CCC=C3)nn2Cc2ccccc2)cc1. The molecule has 2 aromatic carbocycles. The average Bonchev–Trinajstić information content (AvgIpc) is 3.26. The van der Waals surface area contributed by atoms with Crippen molar-refractivity contribution < 1.29 is 0 Å². The zero-order valence-electron chi connectivity index (χ0n) is 13.2. The summed E-state index contributed by atoms with van der Waals surface area (Å²) in [5.41, 5.74) is 5.82. The number of rotatable bonds is 4. The first kappa shape index (κ1) is 15.2. The molecule has 0 radical (unpaired) electrons. The van der Waals surface area contributed by atoms with E-state index in [2.05, 4.69) is 93.4 Å². The van der Waals surface area contributed by atoms with Gasteiger partial charge in [-0.1, -0.05) is 76.6 Å². The topological polar surface area (TPSA) is 17.8 Å². The second-order valence-electron chi connectivity index (χ2n) is 5.86. The highest BCUT2D eigenvalue weighted by Crippen LogP contribution is 2.28. The standard InChI is InChI=1S/C21H17BrN2/c22-19-12-10-18(11-13-19)21-14-20(17-8-4-5-9-17)23-24(21)15-16-6-2-1-3-7-16/h1-4,6-14H,5,15H2. The number of hydrogen-bond donors (Lipinski definition) is 0. The van der Waals surface area contributed by atoms with E-state index < -0.39 is 0 Å². The Hall–Kier alpha value is -2.39. The van der Waals surface area contributed by atoms with Gasteiger partial charge in [0.05, 0.1) is 17.9 Å². The van der Waals surface area contributed by atoms with E-state index in [1.165, 1.54) is 16.7 Å². The Kier molecular flexibility index (Phi) is 4.18. The molecule has 0 spiro atoms. The first-order valence-electron chi connectivity index (χ1n) is 8.04. The molecule has 0 atom stereocenters. The van der Waals surface area contributed by atoms with Gasteiger partial charge in [-0.3, -0.25) is 4.68 Å². The monoisotopic (exact) mass is 376 g/mol. The maximum absolute atomic E-state index is 4.87. The van der Waals surface area contributed by atoms with Crippen molar-refractivity contribution in [1.82, 2.24) is 9.78 Å². The van der Waals surface area contributed by atoms with Gasteiger partial charge in [0.2, 0.25) is 0 Å². The molecule has 1 heterocycles. The minimum atomic E-state index is 0.767. The molecule has 3 aromatic rings. The lowest BCUT2D eigenvalue weighted by molar-refractivity contribution is 0.691. The van der Waals surface area contributed by atoms with Crippen LogP contribution >= 0.6 is 15.9 Å². The van der Waals surface area contributed by atoms with Gasteiger partial charge in [-0.2, -0.15) is 5.10 Å². The fourth-order valence-electron chi connectivity index (χ4n) is 2.94. The molecular formula is C21H17BrN2. The third-order valence-corrected chi connectivity index (χ3v) is 4.69. The maximum atomic E-state index is 4.87. The fourth-order valence-corrected chi connectivity index (χ4v) is 3.20. The second-order valence-corrected chi connectivity index (χ2v) is 6.78. The van der Waals surface area contributed by atoms with E-state index >= 15 is 0 Å². The van der Waals surface area contributed by atoms with Crippen molar-refractivity contribution in [2.45, 2.75) is 13.0 Å². The van der Waals surface area contributed by atoms with Gasteiger partial charge in [0.15, 0.2) is 0 Å². The largest absolute Gasteiger partial charge is 0.260 e. The van der Waals surface area contributed by atoms with Crippen molar-refractivity contribution in [3.63, 3.8) is 0 Å².